The van der Waals surface area contributed by atoms with E-state index in [-0.39, 0.29) is 0 Å². The molecule has 4 heteroatoms. The molecule has 1 aromatic rings. The van der Waals surface area contributed by atoms with Gasteiger partial charge in [-0.2, -0.15) is 0 Å². The van der Waals surface area contributed by atoms with Gasteiger partial charge in [-0.15, -0.1) is 11.8 Å². The molecule has 0 aliphatic rings. The second-order valence-electron chi connectivity index (χ2n) is 4.63. The molecule has 0 spiro atoms. The third kappa shape index (κ3) is 4.16. The van der Waals surface area contributed by atoms with Crippen LogP contribution in [0.1, 0.15) is 45.5 Å². The molecule has 0 fully saturated rings. The molecule has 0 radical (unpaired) electrons. The van der Waals surface area contributed by atoms with Crippen molar-refractivity contribution in [1.82, 2.24) is 9.97 Å². The molecule has 0 aromatic carbocycles. The second-order valence-corrected chi connectivity index (χ2v) is 5.64. The molecule has 0 aliphatic heterocycles. The zero-order valence-electron chi connectivity index (χ0n) is 12.2. The topological polar surface area (TPSA) is 37.8 Å². The van der Waals surface area contributed by atoms with E-state index in [9.17, 15) is 0 Å². The Hall–Kier alpha value is -0.770. The maximum atomic E-state index is 4.65. The van der Waals surface area contributed by atoms with Crippen molar-refractivity contribution in [2.75, 3.05) is 17.6 Å². The van der Waals surface area contributed by atoms with Gasteiger partial charge in [0.15, 0.2) is 0 Å². The van der Waals surface area contributed by atoms with Gasteiger partial charge in [0.2, 0.25) is 0 Å². The molecule has 18 heavy (non-hydrogen) atoms. The standard InChI is InChI=1S/C14H25N3S/c1-6-10(4)9-18-14-11(5)13(15-8-3)16-12(7-2)17-14/h10H,6-9H2,1-5H3,(H,15,16,17). The molecule has 0 saturated heterocycles. The smallest absolute Gasteiger partial charge is 0.133 e. The van der Waals surface area contributed by atoms with Crippen LogP contribution in [0.25, 0.3) is 0 Å². The van der Waals surface area contributed by atoms with Gasteiger partial charge in [0.05, 0.1) is 0 Å². The minimum absolute atomic E-state index is 0.733. The van der Waals surface area contributed by atoms with Gasteiger partial charge in [-0.3, -0.25) is 0 Å². The van der Waals surface area contributed by atoms with Gasteiger partial charge < -0.3 is 5.32 Å². The van der Waals surface area contributed by atoms with Crippen molar-refractivity contribution in [3.8, 4) is 0 Å². The summed E-state index contributed by atoms with van der Waals surface area (Å²) in [6.07, 6.45) is 2.10. The fourth-order valence-electron chi connectivity index (χ4n) is 1.52. The lowest BCUT2D eigenvalue weighted by atomic mass is 10.2. The molecule has 1 rings (SSSR count). The molecule has 1 heterocycles. The number of rotatable bonds is 7. The van der Waals surface area contributed by atoms with E-state index in [2.05, 4.69) is 49.9 Å². The van der Waals surface area contributed by atoms with Gasteiger partial charge in [0.1, 0.15) is 16.7 Å². The Morgan fingerprint density at radius 1 is 1.22 bits per heavy atom. The maximum Gasteiger partial charge on any atom is 0.133 e. The summed E-state index contributed by atoms with van der Waals surface area (Å²) in [6.45, 7) is 11.7. The Bertz CT molecular complexity index is 380. The highest BCUT2D eigenvalue weighted by Crippen LogP contribution is 2.27. The van der Waals surface area contributed by atoms with E-state index in [4.69, 9.17) is 0 Å². The van der Waals surface area contributed by atoms with Crippen molar-refractivity contribution in [2.45, 2.75) is 52.5 Å². The largest absolute Gasteiger partial charge is 0.370 e. The van der Waals surface area contributed by atoms with E-state index in [1.54, 1.807) is 0 Å². The number of aryl methyl sites for hydroxylation is 1. The van der Waals surface area contributed by atoms with Gasteiger partial charge >= 0.3 is 0 Å². The highest BCUT2D eigenvalue weighted by atomic mass is 32.2. The quantitative estimate of drug-likeness (QED) is 0.600. The molecule has 0 bridgehead atoms. The lowest BCUT2D eigenvalue weighted by Crippen LogP contribution is -2.08. The van der Waals surface area contributed by atoms with Crippen LogP contribution in [0.2, 0.25) is 0 Å². The van der Waals surface area contributed by atoms with E-state index in [0.29, 0.717) is 0 Å². The third-order valence-corrected chi connectivity index (χ3v) is 4.42. The monoisotopic (exact) mass is 267 g/mol. The van der Waals surface area contributed by atoms with Gasteiger partial charge in [-0.05, 0) is 19.8 Å². The van der Waals surface area contributed by atoms with Crippen LogP contribution in [-0.4, -0.2) is 22.3 Å². The third-order valence-electron chi connectivity index (χ3n) is 3.01. The van der Waals surface area contributed by atoms with Crippen molar-refractivity contribution in [1.29, 1.82) is 0 Å². The van der Waals surface area contributed by atoms with Gasteiger partial charge in [0.25, 0.3) is 0 Å². The SMILES string of the molecule is CCNc1nc(CC)nc(SCC(C)CC)c1C. The van der Waals surface area contributed by atoms with Crippen molar-refractivity contribution in [3.63, 3.8) is 0 Å². The maximum absolute atomic E-state index is 4.65. The van der Waals surface area contributed by atoms with E-state index in [1.165, 1.54) is 12.0 Å². The van der Waals surface area contributed by atoms with E-state index < -0.39 is 0 Å². The highest BCUT2D eigenvalue weighted by molar-refractivity contribution is 7.99. The number of nitrogens with one attached hydrogen (secondary N) is 1. The van der Waals surface area contributed by atoms with Crippen LogP contribution >= 0.6 is 11.8 Å². The molecule has 1 atom stereocenters. The zero-order chi connectivity index (χ0) is 13.5. The number of hydrogen-bond donors (Lipinski definition) is 1. The second kappa shape index (κ2) is 7.62. The fourth-order valence-corrected chi connectivity index (χ4v) is 2.68. The summed E-state index contributed by atoms with van der Waals surface area (Å²) in [4.78, 5) is 9.20. The number of nitrogens with zero attached hydrogens (tertiary/aromatic N) is 2. The average molecular weight is 267 g/mol. The molecule has 0 amide bonds. The Morgan fingerprint density at radius 3 is 2.50 bits per heavy atom. The van der Waals surface area contributed by atoms with E-state index >= 15 is 0 Å². The van der Waals surface area contributed by atoms with Crippen molar-refractivity contribution >= 4 is 17.6 Å². The number of thioether (sulfide) groups is 1. The van der Waals surface area contributed by atoms with Gasteiger partial charge in [-0.25, -0.2) is 9.97 Å². The van der Waals surface area contributed by atoms with Crippen LogP contribution in [0.5, 0.6) is 0 Å². The summed E-state index contributed by atoms with van der Waals surface area (Å²) >= 11 is 1.86. The molecular weight excluding hydrogens is 242 g/mol. The Kier molecular flexibility index (Phi) is 6.47. The molecule has 1 unspecified atom stereocenters. The molecule has 0 saturated carbocycles. The van der Waals surface area contributed by atoms with Gasteiger partial charge in [0, 0.05) is 24.3 Å². The normalized spacial score (nSPS) is 12.5. The summed E-state index contributed by atoms with van der Waals surface area (Å²) in [5.74, 6) is 3.79. The van der Waals surface area contributed by atoms with Crippen molar-refractivity contribution in [3.05, 3.63) is 11.4 Å². The Morgan fingerprint density at radius 2 is 1.94 bits per heavy atom. The van der Waals surface area contributed by atoms with Crippen LogP contribution in [0.3, 0.4) is 0 Å². The predicted octanol–water partition coefficient (Wildman–Crippen LogP) is 3.92. The van der Waals surface area contributed by atoms with Crippen LogP contribution in [0, 0.1) is 12.8 Å². The molecule has 1 aromatic heterocycles. The molecule has 0 aliphatic carbocycles. The van der Waals surface area contributed by atoms with Crippen LogP contribution in [0.15, 0.2) is 5.03 Å². The minimum atomic E-state index is 0.733. The summed E-state index contributed by atoms with van der Waals surface area (Å²) in [5.41, 5.74) is 1.18. The summed E-state index contributed by atoms with van der Waals surface area (Å²) in [6, 6.07) is 0. The lowest BCUT2D eigenvalue weighted by Gasteiger charge is -2.13. The summed E-state index contributed by atoms with van der Waals surface area (Å²) < 4.78 is 0. The van der Waals surface area contributed by atoms with Crippen LogP contribution in [-0.2, 0) is 6.42 Å². The predicted molar refractivity (Wildman–Crippen MR) is 80.5 cm³/mol. The van der Waals surface area contributed by atoms with Gasteiger partial charge in [-0.1, -0.05) is 27.2 Å². The van der Waals surface area contributed by atoms with Crippen LogP contribution < -0.4 is 5.32 Å². The minimum Gasteiger partial charge on any atom is -0.370 e. The van der Waals surface area contributed by atoms with Crippen molar-refractivity contribution < 1.29 is 0 Å². The first-order valence-corrected chi connectivity index (χ1v) is 7.85. The molecule has 1 N–H and O–H groups in total. The number of hydrogen-bond acceptors (Lipinski definition) is 4. The Balaban J connectivity index is 2.90. The summed E-state index contributed by atoms with van der Waals surface area (Å²) in [7, 11) is 0. The fraction of sp³-hybridized carbons (Fsp3) is 0.714. The summed E-state index contributed by atoms with van der Waals surface area (Å²) in [5, 5.41) is 4.47. The Labute approximate surface area is 115 Å². The highest BCUT2D eigenvalue weighted by Gasteiger charge is 2.11. The first kappa shape index (κ1) is 15.3. The number of anilines is 1. The van der Waals surface area contributed by atoms with Crippen molar-refractivity contribution in [2.24, 2.45) is 5.92 Å². The molecular formula is C14H25N3S. The van der Waals surface area contributed by atoms with Crippen LogP contribution in [0.4, 0.5) is 5.82 Å². The molecule has 3 nitrogen and oxygen atoms in total. The first-order valence-electron chi connectivity index (χ1n) is 6.86. The van der Waals surface area contributed by atoms with E-state index in [0.717, 1.165) is 41.3 Å². The zero-order valence-corrected chi connectivity index (χ0v) is 13.0. The lowest BCUT2D eigenvalue weighted by molar-refractivity contribution is 0.636. The van der Waals surface area contributed by atoms with E-state index in [1.807, 2.05) is 11.8 Å². The number of aromatic nitrogens is 2. The first-order chi connectivity index (χ1) is 8.62. The average Bonchev–Trinajstić information content (AvgIpc) is 2.39. The molecule has 102 valence electrons.